The van der Waals surface area contributed by atoms with Gasteiger partial charge in [0.15, 0.2) is 5.16 Å². The van der Waals surface area contributed by atoms with Crippen molar-refractivity contribution in [1.82, 2.24) is 9.97 Å². The molecule has 0 aliphatic carbocycles. The van der Waals surface area contributed by atoms with Gasteiger partial charge in [-0.3, -0.25) is 9.59 Å². The molecule has 1 amide bonds. The van der Waals surface area contributed by atoms with Crippen LogP contribution in [0.4, 0.5) is 5.69 Å². The summed E-state index contributed by atoms with van der Waals surface area (Å²) in [6.45, 7) is 1.90. The molecule has 0 bridgehead atoms. The predicted octanol–water partition coefficient (Wildman–Crippen LogP) is 4.97. The molecule has 3 aromatic carbocycles. The molecule has 6 nitrogen and oxygen atoms in total. The molecule has 7 heteroatoms. The summed E-state index contributed by atoms with van der Waals surface area (Å²) in [7, 11) is 0. The standard InChI is InChI=1S/C25H20N4O2S/c1-2-21(24(31)27-19-13-12-16-8-6-7-11-18(16)14-19)32-25-28-22(17-9-4-3-5-10-17)20(15-26)23(30)29-25/h3-14,21H,2H2,1H3,(H,27,31)(H,28,29,30). The van der Waals surface area contributed by atoms with Gasteiger partial charge in [-0.05, 0) is 29.3 Å². The molecule has 1 atom stereocenters. The van der Waals surface area contributed by atoms with Gasteiger partial charge in [0.25, 0.3) is 5.56 Å². The van der Waals surface area contributed by atoms with Gasteiger partial charge >= 0.3 is 0 Å². The van der Waals surface area contributed by atoms with Crippen molar-refractivity contribution in [3.05, 3.63) is 88.7 Å². The summed E-state index contributed by atoms with van der Waals surface area (Å²) in [5.74, 6) is -0.180. The van der Waals surface area contributed by atoms with E-state index in [1.165, 1.54) is 11.8 Å². The minimum Gasteiger partial charge on any atom is -0.325 e. The number of nitriles is 1. The fraction of sp³-hybridized carbons (Fsp3) is 0.120. The van der Waals surface area contributed by atoms with Gasteiger partial charge in [-0.25, -0.2) is 4.98 Å². The Morgan fingerprint density at radius 3 is 2.53 bits per heavy atom. The van der Waals surface area contributed by atoms with Crippen molar-refractivity contribution in [2.24, 2.45) is 0 Å². The van der Waals surface area contributed by atoms with E-state index >= 15 is 0 Å². The van der Waals surface area contributed by atoms with Crippen LogP contribution in [0, 0.1) is 11.3 Å². The van der Waals surface area contributed by atoms with Crippen molar-refractivity contribution in [2.45, 2.75) is 23.8 Å². The molecular formula is C25H20N4O2S. The molecule has 0 spiro atoms. The van der Waals surface area contributed by atoms with Crippen molar-refractivity contribution in [1.29, 1.82) is 5.26 Å². The number of amides is 1. The second-order valence-electron chi connectivity index (χ2n) is 7.14. The van der Waals surface area contributed by atoms with Gasteiger partial charge in [-0.1, -0.05) is 79.3 Å². The largest absolute Gasteiger partial charge is 0.325 e. The molecular weight excluding hydrogens is 420 g/mol. The van der Waals surface area contributed by atoms with Crippen LogP contribution in [0.1, 0.15) is 18.9 Å². The van der Waals surface area contributed by atoms with Gasteiger partial charge in [0.1, 0.15) is 11.6 Å². The average Bonchev–Trinajstić information content (AvgIpc) is 2.82. The first-order valence-electron chi connectivity index (χ1n) is 10.1. The Bertz CT molecular complexity index is 1380. The summed E-state index contributed by atoms with van der Waals surface area (Å²) in [5, 5.41) is 14.3. The maximum absolute atomic E-state index is 12.9. The Hall–Kier alpha value is -3.89. The number of hydrogen-bond donors (Lipinski definition) is 2. The summed E-state index contributed by atoms with van der Waals surface area (Å²) in [4.78, 5) is 32.6. The van der Waals surface area contributed by atoms with E-state index in [9.17, 15) is 14.9 Å². The Balaban J connectivity index is 1.59. The number of carbonyl (C=O) groups excluding carboxylic acids is 1. The number of H-pyrrole nitrogens is 1. The molecule has 0 aliphatic rings. The lowest BCUT2D eigenvalue weighted by Crippen LogP contribution is -2.25. The highest BCUT2D eigenvalue weighted by molar-refractivity contribution is 8.00. The lowest BCUT2D eigenvalue weighted by atomic mass is 10.1. The lowest BCUT2D eigenvalue weighted by molar-refractivity contribution is -0.115. The maximum atomic E-state index is 12.9. The van der Waals surface area contributed by atoms with Crippen LogP contribution >= 0.6 is 11.8 Å². The molecule has 32 heavy (non-hydrogen) atoms. The number of fused-ring (bicyclic) bond motifs is 1. The number of hydrogen-bond acceptors (Lipinski definition) is 5. The number of aromatic amines is 1. The number of aromatic nitrogens is 2. The van der Waals surface area contributed by atoms with Crippen LogP contribution < -0.4 is 10.9 Å². The topological polar surface area (TPSA) is 98.6 Å². The zero-order valence-corrected chi connectivity index (χ0v) is 18.1. The fourth-order valence-electron chi connectivity index (χ4n) is 3.36. The van der Waals surface area contributed by atoms with Gasteiger partial charge in [0, 0.05) is 11.3 Å². The quantitative estimate of drug-likeness (QED) is 0.326. The SMILES string of the molecule is CCC(Sc1nc(-c2ccccc2)c(C#N)c(=O)[nH]1)C(=O)Nc1ccc2ccccc2c1. The van der Waals surface area contributed by atoms with Crippen LogP contribution in [-0.2, 0) is 4.79 Å². The van der Waals surface area contributed by atoms with E-state index in [4.69, 9.17) is 0 Å². The van der Waals surface area contributed by atoms with E-state index in [1.54, 1.807) is 12.1 Å². The molecule has 1 unspecified atom stereocenters. The molecule has 0 aliphatic heterocycles. The van der Waals surface area contributed by atoms with Crippen molar-refractivity contribution >= 4 is 34.1 Å². The molecule has 1 heterocycles. The van der Waals surface area contributed by atoms with Gasteiger partial charge in [0.05, 0.1) is 10.9 Å². The average molecular weight is 441 g/mol. The van der Waals surface area contributed by atoms with Gasteiger partial charge < -0.3 is 10.3 Å². The normalized spacial score (nSPS) is 11.6. The molecule has 4 aromatic rings. The molecule has 1 aromatic heterocycles. The minimum absolute atomic E-state index is 0.0470. The summed E-state index contributed by atoms with van der Waals surface area (Å²) in [6.07, 6.45) is 0.536. The van der Waals surface area contributed by atoms with Crippen LogP contribution in [-0.4, -0.2) is 21.1 Å². The Kier molecular flexibility index (Phi) is 6.34. The second kappa shape index (κ2) is 9.50. The van der Waals surface area contributed by atoms with Crippen LogP contribution in [0.2, 0.25) is 0 Å². The molecule has 0 saturated carbocycles. The van der Waals surface area contributed by atoms with E-state index < -0.39 is 10.8 Å². The number of rotatable bonds is 6. The maximum Gasteiger partial charge on any atom is 0.270 e. The van der Waals surface area contributed by atoms with Gasteiger partial charge in [-0.2, -0.15) is 5.26 Å². The number of nitrogens with one attached hydrogen (secondary N) is 2. The Morgan fingerprint density at radius 2 is 1.81 bits per heavy atom. The number of thioether (sulfide) groups is 1. The number of carbonyl (C=O) groups is 1. The summed E-state index contributed by atoms with van der Waals surface area (Å²) in [5.41, 5.74) is 1.12. The van der Waals surface area contributed by atoms with Gasteiger partial charge in [-0.15, -0.1) is 0 Å². The first-order chi connectivity index (χ1) is 15.6. The Labute approximate surface area is 189 Å². The third-order valence-electron chi connectivity index (χ3n) is 4.99. The predicted molar refractivity (Wildman–Crippen MR) is 128 cm³/mol. The van der Waals surface area contributed by atoms with Crippen molar-refractivity contribution in [3.8, 4) is 17.3 Å². The molecule has 158 valence electrons. The van der Waals surface area contributed by atoms with E-state index in [2.05, 4.69) is 15.3 Å². The molecule has 0 saturated heterocycles. The first-order valence-corrected chi connectivity index (χ1v) is 11.0. The van der Waals surface area contributed by atoms with E-state index in [-0.39, 0.29) is 11.5 Å². The van der Waals surface area contributed by atoms with Gasteiger partial charge in [0.2, 0.25) is 5.91 Å². The fourth-order valence-corrected chi connectivity index (χ4v) is 4.26. The Morgan fingerprint density at radius 1 is 1.09 bits per heavy atom. The van der Waals surface area contributed by atoms with Crippen molar-refractivity contribution in [2.75, 3.05) is 5.32 Å². The molecule has 0 fully saturated rings. The number of benzene rings is 3. The third-order valence-corrected chi connectivity index (χ3v) is 6.24. The number of anilines is 1. The van der Waals surface area contributed by atoms with Crippen molar-refractivity contribution < 1.29 is 4.79 Å². The number of nitrogens with zero attached hydrogens (tertiary/aromatic N) is 2. The van der Waals surface area contributed by atoms with E-state index in [1.807, 2.05) is 73.7 Å². The van der Waals surface area contributed by atoms with Crippen LogP contribution in [0.5, 0.6) is 0 Å². The van der Waals surface area contributed by atoms with E-state index in [0.29, 0.717) is 28.5 Å². The zero-order chi connectivity index (χ0) is 22.5. The summed E-state index contributed by atoms with van der Waals surface area (Å²) in [6, 6.07) is 24.7. The molecule has 4 rings (SSSR count). The highest BCUT2D eigenvalue weighted by Crippen LogP contribution is 2.27. The van der Waals surface area contributed by atoms with Crippen LogP contribution in [0.15, 0.2) is 82.7 Å². The first kappa shape index (κ1) is 21.3. The third kappa shape index (κ3) is 4.56. The molecule has 0 radical (unpaired) electrons. The summed E-state index contributed by atoms with van der Waals surface area (Å²) >= 11 is 1.17. The van der Waals surface area contributed by atoms with Crippen molar-refractivity contribution in [3.63, 3.8) is 0 Å². The van der Waals surface area contributed by atoms with Crippen LogP contribution in [0.25, 0.3) is 22.0 Å². The highest BCUT2D eigenvalue weighted by Gasteiger charge is 2.21. The lowest BCUT2D eigenvalue weighted by Gasteiger charge is -2.15. The highest BCUT2D eigenvalue weighted by atomic mass is 32.2. The minimum atomic E-state index is -0.520. The van der Waals surface area contributed by atoms with Crippen LogP contribution in [0.3, 0.4) is 0 Å². The van der Waals surface area contributed by atoms with E-state index in [0.717, 1.165) is 10.8 Å². The zero-order valence-electron chi connectivity index (χ0n) is 17.3. The monoisotopic (exact) mass is 440 g/mol. The molecule has 2 N–H and O–H groups in total. The smallest absolute Gasteiger partial charge is 0.270 e. The summed E-state index contributed by atoms with van der Waals surface area (Å²) < 4.78 is 0. The second-order valence-corrected chi connectivity index (χ2v) is 8.33.